The van der Waals surface area contributed by atoms with Gasteiger partial charge in [-0.1, -0.05) is 46.8 Å². The van der Waals surface area contributed by atoms with Gasteiger partial charge in [0.15, 0.2) is 11.5 Å². The van der Waals surface area contributed by atoms with Gasteiger partial charge < -0.3 is 33.6 Å². The Hall–Kier alpha value is -4.99. The molecule has 77 heavy (non-hydrogen) atoms. The second-order valence-electron chi connectivity index (χ2n) is 19.9. The molecule has 3 heterocycles. The number of hydrogen-bond acceptors (Lipinski definition) is 23. The maximum absolute atomic E-state index is 13.4. The van der Waals surface area contributed by atoms with Gasteiger partial charge in [-0.15, -0.1) is 0 Å². The van der Waals surface area contributed by atoms with Crippen molar-refractivity contribution in [2.45, 2.75) is 91.7 Å². The zero-order valence-electron chi connectivity index (χ0n) is 42.0. The SMILES string of the molecule is CC(C)(C)C(=O)c1ccc(C(=C\C=C2\N(CCCSOO[O-])c3ccc4c(S(=O)(=O)[O-])cc(S(=O)(=O)[O-])cc4c3C2(C)C)/C=C/C2=[N+](CCCS(=O)(=O)[O-])c3ccc4c(SOO[O-])cc(S(=O)(=O)[O-])cc4c3C2(C)C)nc1. The predicted molar refractivity (Wildman–Crippen MR) is 275 cm³/mol. The smallest absolute Gasteiger partial charge is 0.210 e. The Kier molecular flexibility index (Phi) is 17.3. The molecule has 0 spiro atoms. The number of carbonyl (C=O) groups excluding carboxylic acids is 1. The van der Waals surface area contributed by atoms with E-state index in [0.717, 1.165) is 24.2 Å². The van der Waals surface area contributed by atoms with Crippen LogP contribution in [0.4, 0.5) is 11.4 Å². The quantitative estimate of drug-likeness (QED) is 0.0129. The third kappa shape index (κ3) is 12.7. The zero-order valence-corrected chi connectivity index (χ0v) is 46.8. The summed E-state index contributed by atoms with van der Waals surface area (Å²) in [7, 11) is -20.5. The van der Waals surface area contributed by atoms with Crippen molar-refractivity contribution in [3.63, 3.8) is 0 Å². The van der Waals surface area contributed by atoms with E-state index < -0.39 is 77.2 Å². The molecule has 0 amide bonds. The topological polar surface area (TPSA) is 348 Å². The number of hydrogen-bond donors (Lipinski definition) is 0. The summed E-state index contributed by atoms with van der Waals surface area (Å²) in [5.74, 6) is -0.730. The number of aromatic nitrogens is 1. The molecule has 4 aromatic carbocycles. The molecule has 2 aliphatic heterocycles. The number of ketones is 1. The first kappa shape index (κ1) is 59.7. The lowest BCUT2D eigenvalue weighted by molar-refractivity contribution is -0.777. The molecule has 0 saturated heterocycles. The van der Waals surface area contributed by atoms with Crippen LogP contribution in [0.1, 0.15) is 88.5 Å². The maximum atomic E-state index is 13.4. The highest BCUT2D eigenvalue weighted by molar-refractivity contribution is 7.95. The van der Waals surface area contributed by atoms with Crippen LogP contribution in [0.3, 0.4) is 0 Å². The van der Waals surface area contributed by atoms with E-state index in [-0.39, 0.29) is 52.1 Å². The molecule has 0 aliphatic carbocycles. The minimum Gasteiger partial charge on any atom is -0.748 e. The molecule has 0 N–H and O–H groups in total. The van der Waals surface area contributed by atoms with E-state index >= 15 is 0 Å². The standard InChI is InChI=1S/C49H53N3O19S6/c1-47(2,3)46(53)30-10-15-37(50-28-30)29(11-18-42-49(6,7)45-36-25-32(76(62,63)64)27-41(77(65,66)67)34(36)14-17-39(45)51(42)20-8-22-72-70-68-54)12-19-43-48(4,5)44-35-24-31(75(59,60)61)26-40(73-71-69-55)33(35)13-16-38(44)52(43)21-9-23-74(56,57)58/h10-19,24-28H,8-9,20-23H2,1-7H3,(H5-,54,55,56,57,58,59,60,61,62,63,64,65,66,67)/p-5. The van der Waals surface area contributed by atoms with E-state index in [0.29, 0.717) is 80.7 Å². The maximum Gasteiger partial charge on any atom is 0.210 e. The van der Waals surface area contributed by atoms with Gasteiger partial charge in [0.2, 0.25) is 5.69 Å². The fourth-order valence-corrected chi connectivity index (χ4v) is 13.1. The molecule has 0 radical (unpaired) electrons. The monoisotopic (exact) mass is 1170 g/mol. The van der Waals surface area contributed by atoms with Gasteiger partial charge in [0, 0.05) is 98.7 Å². The Morgan fingerprint density at radius 1 is 0.753 bits per heavy atom. The predicted octanol–water partition coefficient (Wildman–Crippen LogP) is 5.45. The summed E-state index contributed by atoms with van der Waals surface area (Å²) in [5.41, 5.74) is 0.566. The summed E-state index contributed by atoms with van der Waals surface area (Å²) in [6, 6.07) is 13.1. The second kappa shape index (κ2) is 22.3. The molecule has 5 aromatic rings. The van der Waals surface area contributed by atoms with Gasteiger partial charge >= 0.3 is 0 Å². The van der Waals surface area contributed by atoms with Crippen LogP contribution in [-0.2, 0) is 70.0 Å². The summed E-state index contributed by atoms with van der Waals surface area (Å²) in [5, 5.41) is 28.9. The molecule has 0 unspecified atom stereocenters. The van der Waals surface area contributed by atoms with Gasteiger partial charge in [-0.05, 0) is 108 Å². The van der Waals surface area contributed by atoms with Crippen molar-refractivity contribution in [1.29, 1.82) is 0 Å². The first-order chi connectivity index (χ1) is 35.7. The van der Waals surface area contributed by atoms with Crippen LogP contribution < -0.4 is 15.4 Å². The molecule has 414 valence electrons. The number of fused-ring (bicyclic) bond motifs is 6. The van der Waals surface area contributed by atoms with Crippen LogP contribution in [0.5, 0.6) is 0 Å². The van der Waals surface area contributed by atoms with Gasteiger partial charge in [-0.2, -0.15) is 13.2 Å². The zero-order chi connectivity index (χ0) is 56.8. The molecule has 22 nitrogen and oxygen atoms in total. The van der Waals surface area contributed by atoms with Crippen molar-refractivity contribution in [3.8, 4) is 0 Å². The molecule has 0 atom stereocenters. The Labute approximate surface area is 453 Å². The highest BCUT2D eigenvalue weighted by Gasteiger charge is 2.46. The third-order valence-corrected chi connectivity index (χ3v) is 17.6. The lowest BCUT2D eigenvalue weighted by Gasteiger charge is -2.27. The summed E-state index contributed by atoms with van der Waals surface area (Å²) in [6.45, 7) is 12.5. The number of benzene rings is 4. The first-order valence-corrected chi connectivity index (χ1v) is 30.5. The van der Waals surface area contributed by atoms with E-state index in [1.807, 2.05) is 4.90 Å². The van der Waals surface area contributed by atoms with E-state index in [9.17, 15) is 67.2 Å². The molecule has 7 rings (SSSR count). The largest absolute Gasteiger partial charge is 0.748 e. The minimum atomic E-state index is -5.35. The number of nitrogens with zero attached hydrogens (tertiary/aromatic N) is 3. The normalized spacial score (nSPS) is 16.6. The average molecular weight is 1180 g/mol. The van der Waals surface area contributed by atoms with Crippen molar-refractivity contribution < 1.29 is 90.5 Å². The highest BCUT2D eigenvalue weighted by atomic mass is 32.2. The van der Waals surface area contributed by atoms with E-state index in [4.69, 9.17) is 4.98 Å². The van der Waals surface area contributed by atoms with Gasteiger partial charge in [-0.3, -0.25) is 19.9 Å². The molecular weight excluding hydrogens is 1130 g/mol. The van der Waals surface area contributed by atoms with Crippen LogP contribution in [0.15, 0.2) is 116 Å². The molecule has 1 aromatic heterocycles. The number of pyridine rings is 1. The van der Waals surface area contributed by atoms with Crippen molar-refractivity contribution >= 4 is 115 Å². The van der Waals surface area contributed by atoms with Crippen molar-refractivity contribution in [1.82, 2.24) is 4.98 Å². The lowest BCUT2D eigenvalue weighted by atomic mass is 9.79. The fraction of sp³-hybridized carbons (Fsp3) is 0.327. The van der Waals surface area contributed by atoms with Gasteiger partial charge in [-0.25, -0.2) is 33.7 Å². The first-order valence-electron chi connectivity index (χ1n) is 23.0. The fourth-order valence-electron chi connectivity index (χ4n) is 9.81. The minimum absolute atomic E-state index is 0.0108. The highest BCUT2D eigenvalue weighted by Crippen LogP contribution is 2.52. The summed E-state index contributed by atoms with van der Waals surface area (Å²) in [6.07, 6.45) is 8.32. The van der Waals surface area contributed by atoms with Crippen LogP contribution in [0.25, 0.3) is 27.1 Å². The van der Waals surface area contributed by atoms with Crippen molar-refractivity contribution in [2.75, 3.05) is 29.5 Å². The van der Waals surface area contributed by atoms with Crippen molar-refractivity contribution in [2.24, 2.45) is 5.41 Å². The number of Topliss-reactive ketones (excluding diaryl/α,β-unsaturated/α-hetero) is 1. The Morgan fingerprint density at radius 3 is 1.97 bits per heavy atom. The van der Waals surface area contributed by atoms with E-state index in [2.05, 4.69) is 18.7 Å². The van der Waals surface area contributed by atoms with E-state index in [1.165, 1.54) is 18.3 Å². The molecule has 0 bridgehead atoms. The number of carbonyl (C=O) groups is 1. The van der Waals surface area contributed by atoms with Crippen LogP contribution >= 0.6 is 24.1 Å². The molecule has 2 aliphatic rings. The Bertz CT molecular complexity index is 3790. The average Bonchev–Trinajstić information content (AvgIpc) is 3.75. The van der Waals surface area contributed by atoms with Crippen LogP contribution in [-0.4, -0.2) is 97.5 Å². The van der Waals surface area contributed by atoms with Crippen LogP contribution in [0.2, 0.25) is 0 Å². The Balaban J connectivity index is 1.48. The van der Waals surface area contributed by atoms with Gasteiger partial charge in [0.25, 0.3) is 0 Å². The van der Waals surface area contributed by atoms with Crippen molar-refractivity contribution in [3.05, 3.63) is 119 Å². The van der Waals surface area contributed by atoms with Gasteiger partial charge in [0.05, 0.1) is 48.0 Å². The number of anilines is 1. The Morgan fingerprint density at radius 2 is 1.39 bits per heavy atom. The summed E-state index contributed by atoms with van der Waals surface area (Å²) in [4.78, 5) is 17.4. The van der Waals surface area contributed by atoms with Gasteiger partial charge in [0.1, 0.15) is 36.9 Å². The molecule has 28 heteroatoms. The summed E-state index contributed by atoms with van der Waals surface area (Å²) < 4.78 is 159. The molecule has 0 fully saturated rings. The lowest BCUT2D eigenvalue weighted by Crippen LogP contribution is -2.28. The van der Waals surface area contributed by atoms with Crippen LogP contribution in [0, 0.1) is 5.41 Å². The summed E-state index contributed by atoms with van der Waals surface area (Å²) >= 11 is 1.09. The molecule has 0 saturated carbocycles. The number of allylic oxidation sites excluding steroid dienone is 6. The van der Waals surface area contributed by atoms with E-state index in [1.54, 1.807) is 108 Å². The second-order valence-corrected chi connectivity index (χ2v) is 27.1. The molecular formula is C49H48N3O19S6-5. The third-order valence-electron chi connectivity index (χ3n) is 13.1. The number of rotatable bonds is 21.